The van der Waals surface area contributed by atoms with Gasteiger partial charge in [0.1, 0.15) is 0 Å². The van der Waals surface area contributed by atoms with Gasteiger partial charge >= 0.3 is 5.97 Å². The van der Waals surface area contributed by atoms with Crippen LogP contribution >= 0.6 is 11.8 Å². The average Bonchev–Trinajstić information content (AvgIpc) is 3.27. The van der Waals surface area contributed by atoms with Gasteiger partial charge in [-0.1, -0.05) is 18.2 Å². The molecule has 2 amide bonds. The number of thioether (sulfide) groups is 1. The zero-order valence-corrected chi connectivity index (χ0v) is 18.3. The number of amides is 2. The zero-order valence-electron chi connectivity index (χ0n) is 17.5. The summed E-state index contributed by atoms with van der Waals surface area (Å²) in [5.74, 6) is -0.666. The number of carboxylic acids is 1. The molecule has 33 heavy (non-hydrogen) atoms. The van der Waals surface area contributed by atoms with E-state index in [0.717, 1.165) is 4.90 Å². The number of hydrogen-bond acceptors (Lipinski definition) is 6. The molecule has 3 aromatic rings. The lowest BCUT2D eigenvalue weighted by Gasteiger charge is -2.13. The normalized spacial score (nSPS) is 12.6. The average molecular weight is 464 g/mol. The number of hydrogen-bond donors (Lipinski definition) is 3. The molecule has 0 radical (unpaired) electrons. The second-order valence-corrected chi connectivity index (χ2v) is 8.56. The molecule has 0 saturated carbocycles. The number of fused-ring (bicyclic) bond motifs is 1. The molecule has 0 spiro atoms. The van der Waals surface area contributed by atoms with E-state index in [2.05, 4.69) is 10.6 Å². The minimum atomic E-state index is -1.17. The van der Waals surface area contributed by atoms with Crippen molar-refractivity contribution in [3.63, 3.8) is 0 Å². The minimum Gasteiger partial charge on any atom is -0.478 e. The fraction of sp³-hybridized carbons (Fsp3) is 0.125. The predicted octanol–water partition coefficient (Wildman–Crippen LogP) is 4.49. The Morgan fingerprint density at radius 1 is 0.879 bits per heavy atom. The molecule has 0 aromatic heterocycles. The fourth-order valence-corrected chi connectivity index (χ4v) is 4.12. The molecular formula is C24H20N2O6S. The second-order valence-electron chi connectivity index (χ2n) is 7.15. The Bertz CT molecular complexity index is 1230. The highest BCUT2D eigenvalue weighted by Gasteiger charge is 2.19. The number of carbonyl (C=O) groups excluding carboxylic acids is 2. The Kier molecular flexibility index (Phi) is 6.50. The molecule has 9 heteroatoms. The van der Waals surface area contributed by atoms with Crippen LogP contribution < -0.4 is 20.1 Å². The van der Waals surface area contributed by atoms with Gasteiger partial charge in [-0.05, 0) is 49.4 Å². The van der Waals surface area contributed by atoms with E-state index < -0.39 is 17.1 Å². The van der Waals surface area contributed by atoms with Crippen molar-refractivity contribution in [2.45, 2.75) is 17.1 Å². The van der Waals surface area contributed by atoms with Gasteiger partial charge in [-0.15, -0.1) is 11.8 Å². The maximum atomic E-state index is 12.6. The van der Waals surface area contributed by atoms with E-state index in [1.54, 1.807) is 55.5 Å². The van der Waals surface area contributed by atoms with Gasteiger partial charge in [-0.3, -0.25) is 9.59 Å². The SMILES string of the molecule is CC(Sc1cccc(NC(=O)c2ccccc2C(=O)O)c1)C(=O)Nc1ccc2c(c1)OCO2. The largest absolute Gasteiger partial charge is 0.478 e. The number of anilines is 2. The third-order valence-electron chi connectivity index (χ3n) is 4.82. The first-order chi connectivity index (χ1) is 15.9. The van der Waals surface area contributed by atoms with Crippen LogP contribution in [-0.4, -0.2) is 34.9 Å². The molecule has 0 bridgehead atoms. The standard InChI is InChI=1S/C24H20N2O6S/c1-14(22(27)25-16-9-10-20-21(12-16)32-13-31-20)33-17-6-4-5-15(11-17)26-23(28)18-7-2-3-8-19(18)24(29)30/h2-12,14H,13H2,1H3,(H,25,27)(H,26,28)(H,29,30). The van der Waals surface area contributed by atoms with Gasteiger partial charge in [0.05, 0.1) is 16.4 Å². The first-order valence-electron chi connectivity index (χ1n) is 10.0. The third-order valence-corrected chi connectivity index (χ3v) is 5.91. The van der Waals surface area contributed by atoms with Crippen molar-refractivity contribution in [1.29, 1.82) is 0 Å². The summed E-state index contributed by atoms with van der Waals surface area (Å²) in [6.45, 7) is 1.94. The Labute approximate surface area is 193 Å². The van der Waals surface area contributed by atoms with E-state index in [4.69, 9.17) is 9.47 Å². The van der Waals surface area contributed by atoms with Crippen molar-refractivity contribution in [1.82, 2.24) is 0 Å². The maximum absolute atomic E-state index is 12.6. The van der Waals surface area contributed by atoms with E-state index >= 15 is 0 Å². The first-order valence-corrected chi connectivity index (χ1v) is 10.9. The Hall–Kier alpha value is -3.98. The van der Waals surface area contributed by atoms with Crippen LogP contribution in [0.4, 0.5) is 11.4 Å². The summed E-state index contributed by atoms with van der Waals surface area (Å²) < 4.78 is 10.6. The molecule has 3 aromatic carbocycles. The molecule has 8 nitrogen and oxygen atoms in total. The summed E-state index contributed by atoms with van der Waals surface area (Å²) in [4.78, 5) is 37.4. The lowest BCUT2D eigenvalue weighted by atomic mass is 10.1. The molecule has 1 unspecified atom stereocenters. The quantitative estimate of drug-likeness (QED) is 0.442. The smallest absolute Gasteiger partial charge is 0.336 e. The Morgan fingerprint density at radius 2 is 1.61 bits per heavy atom. The predicted molar refractivity (Wildman–Crippen MR) is 124 cm³/mol. The summed E-state index contributed by atoms with van der Waals surface area (Å²) in [6, 6.07) is 18.2. The number of ether oxygens (including phenoxy) is 2. The molecule has 1 aliphatic rings. The molecule has 4 rings (SSSR count). The zero-order chi connectivity index (χ0) is 23.4. The van der Waals surface area contributed by atoms with Gasteiger partial charge in [-0.25, -0.2) is 4.79 Å². The monoisotopic (exact) mass is 464 g/mol. The molecule has 1 aliphatic heterocycles. The topological polar surface area (TPSA) is 114 Å². The lowest BCUT2D eigenvalue weighted by Crippen LogP contribution is -2.22. The summed E-state index contributed by atoms with van der Waals surface area (Å²) in [5, 5.41) is 14.4. The van der Waals surface area contributed by atoms with Crippen LogP contribution in [0.15, 0.2) is 71.6 Å². The van der Waals surface area contributed by atoms with Crippen LogP contribution in [-0.2, 0) is 4.79 Å². The molecule has 0 saturated heterocycles. The van der Waals surface area contributed by atoms with Gasteiger partial charge in [0.15, 0.2) is 11.5 Å². The van der Waals surface area contributed by atoms with Crippen LogP contribution in [0.1, 0.15) is 27.6 Å². The van der Waals surface area contributed by atoms with Gasteiger partial charge < -0.3 is 25.2 Å². The molecule has 0 aliphatic carbocycles. The van der Waals surface area contributed by atoms with Crippen molar-refractivity contribution >= 4 is 40.9 Å². The van der Waals surface area contributed by atoms with Crippen LogP contribution in [0.5, 0.6) is 11.5 Å². The first kappa shape index (κ1) is 22.2. The minimum absolute atomic E-state index is 0.0690. The third kappa shape index (κ3) is 5.27. The van der Waals surface area contributed by atoms with Gasteiger partial charge in [0.2, 0.25) is 12.7 Å². The lowest BCUT2D eigenvalue weighted by molar-refractivity contribution is -0.115. The summed E-state index contributed by atoms with van der Waals surface area (Å²) in [7, 11) is 0. The second kappa shape index (κ2) is 9.66. The van der Waals surface area contributed by atoms with Gasteiger partial charge in [0.25, 0.3) is 5.91 Å². The molecule has 1 atom stereocenters. The van der Waals surface area contributed by atoms with Crippen LogP contribution in [0, 0.1) is 0 Å². The Morgan fingerprint density at radius 3 is 2.39 bits per heavy atom. The molecule has 0 fully saturated rings. The fourth-order valence-electron chi connectivity index (χ4n) is 3.19. The van der Waals surface area contributed by atoms with Crippen molar-refractivity contribution in [2.24, 2.45) is 0 Å². The maximum Gasteiger partial charge on any atom is 0.336 e. The highest BCUT2D eigenvalue weighted by molar-refractivity contribution is 8.00. The summed E-state index contributed by atoms with van der Waals surface area (Å²) in [5.41, 5.74) is 1.09. The van der Waals surface area contributed by atoms with E-state index in [1.807, 2.05) is 6.07 Å². The van der Waals surface area contributed by atoms with E-state index in [9.17, 15) is 19.5 Å². The van der Waals surface area contributed by atoms with E-state index in [1.165, 1.54) is 23.9 Å². The van der Waals surface area contributed by atoms with Crippen LogP contribution in [0.25, 0.3) is 0 Å². The highest BCUT2D eigenvalue weighted by Crippen LogP contribution is 2.34. The Balaban J connectivity index is 1.40. The van der Waals surface area contributed by atoms with Crippen molar-refractivity contribution < 1.29 is 29.0 Å². The number of carboxylic acid groups (broad SMARTS) is 1. The molecule has 168 valence electrons. The van der Waals surface area contributed by atoms with E-state index in [0.29, 0.717) is 22.9 Å². The van der Waals surface area contributed by atoms with E-state index in [-0.39, 0.29) is 23.8 Å². The van der Waals surface area contributed by atoms with Crippen molar-refractivity contribution in [3.8, 4) is 11.5 Å². The number of carbonyl (C=O) groups is 3. The van der Waals surface area contributed by atoms with Crippen molar-refractivity contribution in [2.75, 3.05) is 17.4 Å². The molecular weight excluding hydrogens is 444 g/mol. The highest BCUT2D eigenvalue weighted by atomic mass is 32.2. The molecule has 3 N–H and O–H groups in total. The van der Waals surface area contributed by atoms with Gasteiger partial charge in [-0.2, -0.15) is 0 Å². The van der Waals surface area contributed by atoms with Crippen LogP contribution in [0.3, 0.4) is 0 Å². The van der Waals surface area contributed by atoms with Gasteiger partial charge in [0, 0.05) is 22.3 Å². The number of aromatic carboxylic acids is 1. The summed E-state index contributed by atoms with van der Waals surface area (Å²) >= 11 is 1.33. The summed E-state index contributed by atoms with van der Waals surface area (Å²) in [6.07, 6.45) is 0. The number of rotatable bonds is 7. The number of benzene rings is 3. The van der Waals surface area contributed by atoms with Crippen molar-refractivity contribution in [3.05, 3.63) is 77.9 Å². The molecule has 1 heterocycles. The van der Waals surface area contributed by atoms with Crippen LogP contribution in [0.2, 0.25) is 0 Å². The number of nitrogens with one attached hydrogen (secondary N) is 2.